The van der Waals surface area contributed by atoms with Gasteiger partial charge < -0.3 is 5.73 Å². The molecule has 0 amide bonds. The van der Waals surface area contributed by atoms with E-state index in [2.05, 4.69) is 71.4 Å². The molecule has 0 fully saturated rings. The Bertz CT molecular complexity index is 542. The number of halogens is 1. The molecule has 0 aliphatic carbocycles. The lowest BCUT2D eigenvalue weighted by molar-refractivity contribution is 0.641. The molecule has 106 valence electrons. The molecule has 0 aromatic heterocycles. The summed E-state index contributed by atoms with van der Waals surface area (Å²) in [5.41, 5.74) is 8.80. The Morgan fingerprint density at radius 3 is 2.60 bits per heavy atom. The first-order valence-corrected chi connectivity index (χ1v) is 8.67. The largest absolute Gasteiger partial charge is 0.327 e. The van der Waals surface area contributed by atoms with Crippen molar-refractivity contribution in [2.24, 2.45) is 5.73 Å². The van der Waals surface area contributed by atoms with Crippen LogP contribution in [0.5, 0.6) is 0 Å². The maximum absolute atomic E-state index is 6.10. The lowest BCUT2D eigenvalue weighted by Crippen LogP contribution is -2.21. The van der Waals surface area contributed by atoms with Crippen molar-refractivity contribution < 1.29 is 0 Å². The van der Waals surface area contributed by atoms with Crippen molar-refractivity contribution in [3.8, 4) is 0 Å². The predicted octanol–water partition coefficient (Wildman–Crippen LogP) is 5.02. The molecule has 0 aliphatic heterocycles. The van der Waals surface area contributed by atoms with Crippen LogP contribution in [0.3, 0.4) is 0 Å². The van der Waals surface area contributed by atoms with Crippen LogP contribution in [0.25, 0.3) is 0 Å². The molecule has 0 spiro atoms. The molecule has 1 unspecified atom stereocenters. The van der Waals surface area contributed by atoms with E-state index in [1.807, 2.05) is 11.8 Å². The van der Waals surface area contributed by atoms with E-state index in [0.29, 0.717) is 0 Å². The maximum Gasteiger partial charge on any atom is 0.0232 e. The molecular formula is C17H20BrNS. The van der Waals surface area contributed by atoms with Crippen molar-refractivity contribution >= 4 is 27.7 Å². The van der Waals surface area contributed by atoms with Crippen molar-refractivity contribution in [3.05, 3.63) is 64.1 Å². The van der Waals surface area contributed by atoms with Gasteiger partial charge in [0.25, 0.3) is 0 Å². The average molecular weight is 350 g/mol. The zero-order valence-corrected chi connectivity index (χ0v) is 14.1. The van der Waals surface area contributed by atoms with Crippen LogP contribution in [0.15, 0.2) is 57.9 Å². The fourth-order valence-corrected chi connectivity index (χ4v) is 3.57. The van der Waals surface area contributed by atoms with E-state index in [0.717, 1.165) is 23.1 Å². The highest BCUT2D eigenvalue weighted by atomic mass is 79.9. The number of rotatable bonds is 6. The Labute approximate surface area is 134 Å². The first-order chi connectivity index (χ1) is 9.69. The molecule has 0 saturated heterocycles. The third kappa shape index (κ3) is 4.65. The molecule has 2 N–H and O–H groups in total. The molecule has 2 rings (SSSR count). The summed E-state index contributed by atoms with van der Waals surface area (Å²) in [5.74, 6) is 0.992. The third-order valence-electron chi connectivity index (χ3n) is 3.27. The number of nitrogens with two attached hydrogens (primary N) is 1. The first-order valence-electron chi connectivity index (χ1n) is 6.89. The van der Waals surface area contributed by atoms with Gasteiger partial charge in [0.15, 0.2) is 0 Å². The molecule has 0 bridgehead atoms. The van der Waals surface area contributed by atoms with E-state index >= 15 is 0 Å². The van der Waals surface area contributed by atoms with Gasteiger partial charge in [-0.3, -0.25) is 0 Å². The van der Waals surface area contributed by atoms with Gasteiger partial charge in [-0.2, -0.15) is 0 Å². The van der Waals surface area contributed by atoms with Crippen molar-refractivity contribution in [1.29, 1.82) is 0 Å². The van der Waals surface area contributed by atoms with Crippen LogP contribution in [0.2, 0.25) is 0 Å². The van der Waals surface area contributed by atoms with E-state index in [-0.39, 0.29) is 6.04 Å². The molecule has 0 aliphatic rings. The average Bonchev–Trinajstić information content (AvgIpc) is 2.48. The minimum atomic E-state index is 0.243. The SMILES string of the molecule is CCC(N)Cc1ccc(Br)cc1SCc1ccccc1. The molecule has 20 heavy (non-hydrogen) atoms. The van der Waals surface area contributed by atoms with Crippen molar-refractivity contribution in [2.75, 3.05) is 0 Å². The van der Waals surface area contributed by atoms with Crippen LogP contribution in [-0.2, 0) is 12.2 Å². The Balaban J connectivity index is 2.11. The lowest BCUT2D eigenvalue weighted by atomic mass is 10.1. The van der Waals surface area contributed by atoms with E-state index in [4.69, 9.17) is 5.73 Å². The van der Waals surface area contributed by atoms with Gasteiger partial charge in [-0.05, 0) is 36.1 Å². The summed E-state index contributed by atoms with van der Waals surface area (Å²) in [6.07, 6.45) is 1.96. The Morgan fingerprint density at radius 1 is 1.15 bits per heavy atom. The summed E-state index contributed by atoms with van der Waals surface area (Å²) >= 11 is 5.44. The second kappa shape index (κ2) is 7.87. The highest BCUT2D eigenvalue weighted by Gasteiger charge is 2.08. The molecule has 2 aromatic carbocycles. The van der Waals surface area contributed by atoms with Crippen LogP contribution >= 0.6 is 27.7 Å². The van der Waals surface area contributed by atoms with Crippen LogP contribution in [0, 0.1) is 0 Å². The van der Waals surface area contributed by atoms with Crippen LogP contribution in [0.4, 0.5) is 0 Å². The standard InChI is InChI=1S/C17H20BrNS/c1-2-16(19)10-14-8-9-15(18)11-17(14)20-12-13-6-4-3-5-7-13/h3-9,11,16H,2,10,12,19H2,1H3. The smallest absolute Gasteiger partial charge is 0.0232 e. The van der Waals surface area contributed by atoms with Gasteiger partial charge in [0, 0.05) is 21.2 Å². The molecule has 3 heteroatoms. The zero-order chi connectivity index (χ0) is 14.4. The number of hydrogen-bond acceptors (Lipinski definition) is 2. The monoisotopic (exact) mass is 349 g/mol. The zero-order valence-electron chi connectivity index (χ0n) is 11.7. The van der Waals surface area contributed by atoms with Crippen molar-refractivity contribution in [3.63, 3.8) is 0 Å². The second-order valence-electron chi connectivity index (χ2n) is 4.90. The van der Waals surface area contributed by atoms with Crippen LogP contribution < -0.4 is 5.73 Å². The summed E-state index contributed by atoms with van der Waals surface area (Å²) in [4.78, 5) is 1.33. The summed E-state index contributed by atoms with van der Waals surface area (Å²) < 4.78 is 1.13. The summed E-state index contributed by atoms with van der Waals surface area (Å²) in [7, 11) is 0. The molecule has 2 aromatic rings. The van der Waals surface area contributed by atoms with Gasteiger partial charge in [0.2, 0.25) is 0 Å². The van der Waals surface area contributed by atoms with Crippen LogP contribution in [-0.4, -0.2) is 6.04 Å². The summed E-state index contributed by atoms with van der Waals surface area (Å²) in [5, 5.41) is 0. The Hall–Kier alpha value is -0.770. The maximum atomic E-state index is 6.10. The number of hydrogen-bond donors (Lipinski definition) is 1. The minimum absolute atomic E-state index is 0.243. The normalized spacial score (nSPS) is 12.3. The molecule has 1 atom stereocenters. The van der Waals surface area contributed by atoms with Gasteiger partial charge in [0.05, 0.1) is 0 Å². The molecule has 0 saturated carbocycles. The van der Waals surface area contributed by atoms with E-state index in [1.54, 1.807) is 0 Å². The molecular weight excluding hydrogens is 330 g/mol. The fourth-order valence-electron chi connectivity index (χ4n) is 1.99. The van der Waals surface area contributed by atoms with E-state index < -0.39 is 0 Å². The van der Waals surface area contributed by atoms with Crippen molar-refractivity contribution in [1.82, 2.24) is 0 Å². The highest BCUT2D eigenvalue weighted by Crippen LogP contribution is 2.30. The van der Waals surface area contributed by atoms with E-state index in [9.17, 15) is 0 Å². The number of thioether (sulfide) groups is 1. The predicted molar refractivity (Wildman–Crippen MR) is 92.1 cm³/mol. The van der Waals surface area contributed by atoms with Gasteiger partial charge in [-0.1, -0.05) is 59.3 Å². The van der Waals surface area contributed by atoms with Gasteiger partial charge in [0.1, 0.15) is 0 Å². The molecule has 0 heterocycles. The van der Waals surface area contributed by atoms with E-state index in [1.165, 1.54) is 16.0 Å². The fraction of sp³-hybridized carbons (Fsp3) is 0.294. The first kappa shape index (κ1) is 15.6. The highest BCUT2D eigenvalue weighted by molar-refractivity contribution is 9.10. The third-order valence-corrected chi connectivity index (χ3v) is 4.93. The Morgan fingerprint density at radius 2 is 1.90 bits per heavy atom. The van der Waals surface area contributed by atoms with Crippen molar-refractivity contribution in [2.45, 2.75) is 36.5 Å². The topological polar surface area (TPSA) is 26.0 Å². The summed E-state index contributed by atoms with van der Waals surface area (Å²) in [6, 6.07) is 17.3. The summed E-state index contributed by atoms with van der Waals surface area (Å²) in [6.45, 7) is 2.14. The lowest BCUT2D eigenvalue weighted by Gasteiger charge is -2.13. The van der Waals surface area contributed by atoms with Gasteiger partial charge >= 0.3 is 0 Å². The molecule has 1 nitrogen and oxygen atoms in total. The quantitative estimate of drug-likeness (QED) is 0.740. The van der Waals surface area contributed by atoms with Gasteiger partial charge in [-0.25, -0.2) is 0 Å². The second-order valence-corrected chi connectivity index (χ2v) is 6.83. The van der Waals surface area contributed by atoms with Crippen LogP contribution in [0.1, 0.15) is 24.5 Å². The number of benzene rings is 2. The minimum Gasteiger partial charge on any atom is -0.327 e. The Kier molecular flexibility index (Phi) is 6.14. The molecule has 0 radical (unpaired) electrons. The van der Waals surface area contributed by atoms with Gasteiger partial charge in [-0.15, -0.1) is 11.8 Å².